The van der Waals surface area contributed by atoms with Crippen LogP contribution in [0, 0.1) is 12.7 Å². The lowest BCUT2D eigenvalue weighted by Gasteiger charge is -2.27. The molecule has 2 N–H and O–H groups in total. The van der Waals surface area contributed by atoms with Crippen LogP contribution in [0.3, 0.4) is 0 Å². The van der Waals surface area contributed by atoms with Crippen LogP contribution in [0.25, 0.3) is 0 Å². The maximum Gasteiger partial charge on any atom is 0.196 e. The molecule has 1 unspecified atom stereocenters. The van der Waals surface area contributed by atoms with Gasteiger partial charge in [-0.05, 0) is 30.7 Å². The van der Waals surface area contributed by atoms with Gasteiger partial charge >= 0.3 is 0 Å². The Hall–Kier alpha value is -2.07. The van der Waals surface area contributed by atoms with Gasteiger partial charge in [-0.3, -0.25) is 4.99 Å². The molecule has 2 aromatic rings. The quantitative estimate of drug-likeness (QED) is 0.920. The molecule has 0 saturated heterocycles. The van der Waals surface area contributed by atoms with Crippen molar-refractivity contribution in [1.82, 2.24) is 0 Å². The van der Waals surface area contributed by atoms with Crippen LogP contribution in [0.5, 0.6) is 0 Å². The molecule has 108 valence electrons. The second-order valence-corrected chi connectivity index (χ2v) is 5.47. The zero-order valence-corrected chi connectivity index (χ0v) is 12.3. The minimum absolute atomic E-state index is 0.113. The van der Waals surface area contributed by atoms with E-state index in [1.807, 2.05) is 36.1 Å². The van der Waals surface area contributed by atoms with Gasteiger partial charge in [0.05, 0.1) is 17.6 Å². The molecular formula is C16H15ClFN3. The number of hydrogen-bond donors (Lipinski definition) is 1. The highest BCUT2D eigenvalue weighted by molar-refractivity contribution is 6.30. The highest BCUT2D eigenvalue weighted by Gasteiger charge is 2.31. The van der Waals surface area contributed by atoms with Crippen molar-refractivity contribution in [2.75, 3.05) is 11.4 Å². The summed E-state index contributed by atoms with van der Waals surface area (Å²) in [7, 11) is 0. The molecule has 0 amide bonds. The summed E-state index contributed by atoms with van der Waals surface area (Å²) in [4.78, 5) is 6.11. The van der Waals surface area contributed by atoms with Crippen LogP contribution in [-0.2, 0) is 0 Å². The zero-order chi connectivity index (χ0) is 15.0. The van der Waals surface area contributed by atoms with Crippen molar-refractivity contribution in [3.8, 4) is 0 Å². The molecular weight excluding hydrogens is 289 g/mol. The number of rotatable bonds is 2. The molecule has 3 rings (SSSR count). The second kappa shape index (κ2) is 5.37. The smallest absolute Gasteiger partial charge is 0.196 e. The predicted molar refractivity (Wildman–Crippen MR) is 84.3 cm³/mol. The third-order valence-corrected chi connectivity index (χ3v) is 3.90. The Morgan fingerprint density at radius 3 is 2.81 bits per heavy atom. The van der Waals surface area contributed by atoms with Gasteiger partial charge in [0, 0.05) is 11.3 Å². The van der Waals surface area contributed by atoms with E-state index in [2.05, 4.69) is 4.99 Å². The third kappa shape index (κ3) is 2.47. The van der Waals surface area contributed by atoms with Gasteiger partial charge in [-0.15, -0.1) is 0 Å². The summed E-state index contributed by atoms with van der Waals surface area (Å²) in [6.45, 7) is 2.42. The molecule has 0 radical (unpaired) electrons. The standard InChI is InChI=1S/C16H15ClFN3/c1-10-4-2-5-11(8-10)21-14(9-20-16(21)19)12-6-3-7-13(17)15(12)18/h2-8,14H,9H2,1H3,(H2,19,20). The number of hydrogen-bond acceptors (Lipinski definition) is 3. The maximum atomic E-state index is 14.3. The minimum Gasteiger partial charge on any atom is -0.369 e. The Morgan fingerprint density at radius 1 is 1.29 bits per heavy atom. The predicted octanol–water partition coefficient (Wildman–Crippen LogP) is 3.66. The first-order valence-corrected chi connectivity index (χ1v) is 7.05. The molecule has 0 saturated carbocycles. The summed E-state index contributed by atoms with van der Waals surface area (Å²) in [6.07, 6.45) is 0. The van der Waals surface area contributed by atoms with Crippen LogP contribution in [-0.4, -0.2) is 12.5 Å². The largest absolute Gasteiger partial charge is 0.369 e. The summed E-state index contributed by atoms with van der Waals surface area (Å²) >= 11 is 5.89. The highest BCUT2D eigenvalue weighted by Crippen LogP contribution is 2.34. The Bertz CT molecular complexity index is 714. The van der Waals surface area contributed by atoms with Gasteiger partial charge in [-0.1, -0.05) is 35.9 Å². The van der Waals surface area contributed by atoms with Crippen molar-refractivity contribution < 1.29 is 4.39 Å². The summed E-state index contributed by atoms with van der Waals surface area (Å²) in [5.41, 5.74) is 8.51. The Labute approximate surface area is 127 Å². The fraction of sp³-hybridized carbons (Fsp3) is 0.188. The van der Waals surface area contributed by atoms with E-state index in [4.69, 9.17) is 17.3 Å². The Morgan fingerprint density at radius 2 is 2.05 bits per heavy atom. The first kappa shape index (κ1) is 13.9. The topological polar surface area (TPSA) is 41.6 Å². The Kier molecular flexibility index (Phi) is 3.55. The van der Waals surface area contributed by atoms with E-state index in [1.54, 1.807) is 12.1 Å². The average Bonchev–Trinajstić information content (AvgIpc) is 2.83. The van der Waals surface area contributed by atoms with E-state index in [0.717, 1.165) is 11.3 Å². The van der Waals surface area contributed by atoms with E-state index >= 15 is 0 Å². The number of guanidine groups is 1. The first-order chi connectivity index (χ1) is 10.1. The molecule has 1 heterocycles. The fourth-order valence-corrected chi connectivity index (χ4v) is 2.78. The number of benzene rings is 2. The second-order valence-electron chi connectivity index (χ2n) is 5.07. The number of nitrogens with two attached hydrogens (primary N) is 1. The molecule has 0 aliphatic carbocycles. The van der Waals surface area contributed by atoms with Gasteiger partial charge in [0.25, 0.3) is 0 Å². The number of aliphatic imine (C=N–C) groups is 1. The van der Waals surface area contributed by atoms with Crippen LogP contribution in [0.4, 0.5) is 10.1 Å². The van der Waals surface area contributed by atoms with Crippen molar-refractivity contribution >= 4 is 23.2 Å². The molecule has 0 aromatic heterocycles. The van der Waals surface area contributed by atoms with Crippen molar-refractivity contribution in [2.24, 2.45) is 10.7 Å². The van der Waals surface area contributed by atoms with Crippen molar-refractivity contribution in [2.45, 2.75) is 13.0 Å². The normalized spacial score (nSPS) is 18.0. The van der Waals surface area contributed by atoms with Crippen molar-refractivity contribution in [1.29, 1.82) is 0 Å². The third-order valence-electron chi connectivity index (χ3n) is 3.61. The number of anilines is 1. The lowest BCUT2D eigenvalue weighted by atomic mass is 10.0. The lowest BCUT2D eigenvalue weighted by molar-refractivity contribution is 0.590. The van der Waals surface area contributed by atoms with E-state index in [-0.39, 0.29) is 11.1 Å². The molecule has 1 atom stereocenters. The van der Waals surface area contributed by atoms with Gasteiger partial charge in [0.2, 0.25) is 0 Å². The van der Waals surface area contributed by atoms with Gasteiger partial charge in [0.1, 0.15) is 5.82 Å². The van der Waals surface area contributed by atoms with Crippen molar-refractivity contribution in [3.63, 3.8) is 0 Å². The molecule has 0 fully saturated rings. The first-order valence-electron chi connectivity index (χ1n) is 6.67. The van der Waals surface area contributed by atoms with Crippen LogP contribution in [0.1, 0.15) is 17.2 Å². The summed E-state index contributed by atoms with van der Waals surface area (Å²) in [5, 5.41) is 0.113. The van der Waals surface area contributed by atoms with Crippen molar-refractivity contribution in [3.05, 3.63) is 64.4 Å². The summed E-state index contributed by atoms with van der Waals surface area (Å²) in [5.74, 6) is -0.0169. The SMILES string of the molecule is Cc1cccc(N2C(N)=NCC2c2cccc(Cl)c2F)c1. The molecule has 1 aliphatic heterocycles. The van der Waals surface area contributed by atoms with Gasteiger partial charge < -0.3 is 10.6 Å². The highest BCUT2D eigenvalue weighted by atomic mass is 35.5. The van der Waals surface area contributed by atoms with E-state index < -0.39 is 5.82 Å². The molecule has 2 aromatic carbocycles. The molecule has 1 aliphatic rings. The Balaban J connectivity index is 2.05. The lowest BCUT2D eigenvalue weighted by Crippen LogP contribution is -2.36. The number of halogens is 2. The zero-order valence-electron chi connectivity index (χ0n) is 11.6. The average molecular weight is 304 g/mol. The maximum absolute atomic E-state index is 14.3. The minimum atomic E-state index is -0.410. The van der Waals surface area contributed by atoms with Gasteiger partial charge in [-0.25, -0.2) is 4.39 Å². The summed E-state index contributed by atoms with van der Waals surface area (Å²) < 4.78 is 14.3. The van der Waals surface area contributed by atoms with E-state index in [9.17, 15) is 4.39 Å². The van der Waals surface area contributed by atoms with Crippen LogP contribution < -0.4 is 10.6 Å². The van der Waals surface area contributed by atoms with Crippen LogP contribution in [0.2, 0.25) is 5.02 Å². The van der Waals surface area contributed by atoms with Gasteiger partial charge in [-0.2, -0.15) is 0 Å². The molecule has 5 heteroatoms. The number of aryl methyl sites for hydroxylation is 1. The molecule has 0 spiro atoms. The number of nitrogens with zero attached hydrogens (tertiary/aromatic N) is 2. The van der Waals surface area contributed by atoms with E-state index in [1.165, 1.54) is 6.07 Å². The monoisotopic (exact) mass is 303 g/mol. The van der Waals surface area contributed by atoms with E-state index in [0.29, 0.717) is 18.1 Å². The molecule has 0 bridgehead atoms. The van der Waals surface area contributed by atoms with Gasteiger partial charge in [0.15, 0.2) is 5.96 Å². The van der Waals surface area contributed by atoms with Crippen LogP contribution in [0.15, 0.2) is 47.5 Å². The summed E-state index contributed by atoms with van der Waals surface area (Å²) in [6, 6.07) is 12.6. The molecule has 21 heavy (non-hydrogen) atoms. The molecule has 3 nitrogen and oxygen atoms in total. The fourth-order valence-electron chi connectivity index (χ4n) is 2.60. The van der Waals surface area contributed by atoms with Crippen LogP contribution >= 0.6 is 11.6 Å².